The third kappa shape index (κ3) is 5.22. The fourth-order valence-electron chi connectivity index (χ4n) is 4.57. The molecule has 4 N–H and O–H groups in total. The van der Waals surface area contributed by atoms with Crippen molar-refractivity contribution in [1.82, 2.24) is 9.38 Å². The Morgan fingerprint density at radius 3 is 2.61 bits per heavy atom. The highest BCUT2D eigenvalue weighted by Gasteiger charge is 2.27. The average molecular weight is 490 g/mol. The Hall–Kier alpha value is -3.43. The van der Waals surface area contributed by atoms with Crippen molar-refractivity contribution in [3.63, 3.8) is 0 Å². The molecular weight excluding hydrogens is 450 g/mol. The number of hydrogen-bond acceptors (Lipinski definition) is 3. The number of nitrogens with two attached hydrogens (primary N) is 1. The van der Waals surface area contributed by atoms with Crippen LogP contribution in [0, 0.1) is 18.8 Å². The first-order chi connectivity index (χ1) is 17.1. The van der Waals surface area contributed by atoms with Crippen molar-refractivity contribution in [3.8, 4) is 17.6 Å². The number of allylic oxidation sites excluding steroid dienone is 2. The van der Waals surface area contributed by atoms with Crippen LogP contribution in [-0.2, 0) is 4.74 Å². The maximum Gasteiger partial charge on any atom is 0.253 e. The van der Waals surface area contributed by atoms with Gasteiger partial charge in [-0.2, -0.15) is 0 Å². The number of aromatic hydroxyl groups is 1. The molecule has 3 aromatic rings. The molecule has 0 radical (unpaired) electrons. The lowest BCUT2D eigenvalue weighted by Crippen LogP contribution is -2.32. The largest absolute Gasteiger partial charge is 0.506 e. The van der Waals surface area contributed by atoms with Gasteiger partial charge in [0, 0.05) is 11.8 Å². The Balaban J connectivity index is 0.000000253. The third-order valence-corrected chi connectivity index (χ3v) is 6.80. The molecule has 3 heterocycles. The fourth-order valence-corrected chi connectivity index (χ4v) is 4.57. The second kappa shape index (κ2) is 11.1. The van der Waals surface area contributed by atoms with Crippen molar-refractivity contribution < 1.29 is 14.6 Å². The molecule has 0 aliphatic carbocycles. The summed E-state index contributed by atoms with van der Waals surface area (Å²) in [4.78, 5) is 15.4. The van der Waals surface area contributed by atoms with E-state index in [4.69, 9.17) is 10.5 Å². The van der Waals surface area contributed by atoms with Crippen molar-refractivity contribution >= 4 is 34.2 Å². The first-order valence-corrected chi connectivity index (χ1v) is 12.7. The molecule has 1 atom stereocenters. The highest BCUT2D eigenvalue weighted by atomic mass is 16.5. The van der Waals surface area contributed by atoms with E-state index in [0.717, 1.165) is 59.5 Å². The predicted octanol–water partition coefficient (Wildman–Crippen LogP) is 4.83. The number of benzene rings is 1. The molecule has 1 aromatic carbocycles. The van der Waals surface area contributed by atoms with E-state index in [1.165, 1.54) is 5.57 Å². The van der Waals surface area contributed by atoms with Crippen molar-refractivity contribution in [2.45, 2.75) is 79.8 Å². The number of rotatable bonds is 3. The van der Waals surface area contributed by atoms with E-state index in [1.54, 1.807) is 6.07 Å². The minimum atomic E-state index is -0.467. The summed E-state index contributed by atoms with van der Waals surface area (Å²) in [5, 5.41) is 12.1. The minimum Gasteiger partial charge on any atom is -0.506 e. The molecule has 1 aliphatic rings. The van der Waals surface area contributed by atoms with Gasteiger partial charge >= 0.3 is 0 Å². The van der Waals surface area contributed by atoms with Gasteiger partial charge in [0.05, 0.1) is 16.4 Å². The highest BCUT2D eigenvalue weighted by Crippen LogP contribution is 2.28. The van der Waals surface area contributed by atoms with Gasteiger partial charge in [-0.25, -0.2) is 0 Å². The molecule has 0 saturated carbocycles. The van der Waals surface area contributed by atoms with Crippen LogP contribution in [-0.4, -0.2) is 32.6 Å². The number of hydrogen-bond donors (Lipinski definition) is 3. The van der Waals surface area contributed by atoms with E-state index in [0.29, 0.717) is 16.7 Å². The van der Waals surface area contributed by atoms with Gasteiger partial charge in [0.1, 0.15) is 22.5 Å². The quantitative estimate of drug-likeness (QED) is 0.460. The lowest BCUT2D eigenvalue weighted by Gasteiger charge is -2.14. The van der Waals surface area contributed by atoms with Crippen LogP contribution < -0.4 is 16.3 Å². The van der Waals surface area contributed by atoms with Crippen molar-refractivity contribution in [2.75, 3.05) is 6.61 Å². The van der Waals surface area contributed by atoms with Crippen LogP contribution >= 0.6 is 0 Å². The molecule has 0 bridgehead atoms. The first-order valence-electron chi connectivity index (χ1n) is 12.7. The van der Waals surface area contributed by atoms with E-state index in [1.807, 2.05) is 50.3 Å². The number of phenols is 1. The van der Waals surface area contributed by atoms with Gasteiger partial charge in [-0.1, -0.05) is 43.9 Å². The molecule has 2 aromatic heterocycles. The molecule has 192 valence electrons. The van der Waals surface area contributed by atoms with Crippen LogP contribution in [0.15, 0.2) is 23.8 Å². The monoisotopic (exact) mass is 489 g/mol. The SMILES string of the molecule is C/C=C(\C)C#CC1(C)CCCO1.CC/C=c1\c(C(N)=O)c2[nH]c3c(O)ccc(C)c3n2c1=C(C)CC. The smallest absolute Gasteiger partial charge is 0.253 e. The van der Waals surface area contributed by atoms with Crippen LogP contribution in [0.25, 0.3) is 28.3 Å². The Kier molecular flexibility index (Phi) is 8.37. The van der Waals surface area contributed by atoms with Gasteiger partial charge in [0.25, 0.3) is 5.91 Å². The number of imidazole rings is 1. The number of ether oxygens (including phenoxy) is 1. The van der Waals surface area contributed by atoms with Crippen LogP contribution in [0.5, 0.6) is 5.75 Å². The van der Waals surface area contributed by atoms with Crippen molar-refractivity contribution in [1.29, 1.82) is 0 Å². The summed E-state index contributed by atoms with van der Waals surface area (Å²) >= 11 is 0. The summed E-state index contributed by atoms with van der Waals surface area (Å²) in [6.07, 6.45) is 7.93. The van der Waals surface area contributed by atoms with Gasteiger partial charge in [-0.05, 0) is 83.1 Å². The molecule has 36 heavy (non-hydrogen) atoms. The first kappa shape index (κ1) is 27.2. The number of carbonyl (C=O) groups excluding carboxylic acids is 1. The number of fused-ring (bicyclic) bond motifs is 3. The molecule has 1 saturated heterocycles. The lowest BCUT2D eigenvalue weighted by molar-refractivity contribution is 0.0695. The van der Waals surface area contributed by atoms with E-state index in [9.17, 15) is 9.90 Å². The summed E-state index contributed by atoms with van der Waals surface area (Å²) in [7, 11) is 0. The molecule has 1 amide bonds. The van der Waals surface area contributed by atoms with Gasteiger partial charge in [0.2, 0.25) is 0 Å². The summed E-state index contributed by atoms with van der Waals surface area (Å²) in [5.41, 5.74) is 11.5. The second-order valence-corrected chi connectivity index (χ2v) is 9.59. The van der Waals surface area contributed by atoms with Crippen molar-refractivity contribution in [2.24, 2.45) is 5.73 Å². The zero-order chi connectivity index (χ0) is 26.6. The Bertz CT molecular complexity index is 1500. The molecule has 6 heteroatoms. The van der Waals surface area contributed by atoms with E-state index < -0.39 is 5.91 Å². The normalized spacial score (nSPS) is 19.2. The Labute approximate surface area is 213 Å². The van der Waals surface area contributed by atoms with Crippen LogP contribution in [0.3, 0.4) is 0 Å². The molecule has 6 nitrogen and oxygen atoms in total. The number of primary amides is 1. The predicted molar refractivity (Wildman–Crippen MR) is 148 cm³/mol. The number of phenolic OH excluding ortho intramolecular Hbond substituents is 1. The number of aryl methyl sites for hydroxylation is 1. The molecule has 4 rings (SSSR count). The summed E-state index contributed by atoms with van der Waals surface area (Å²) in [5.74, 6) is 5.97. The number of nitrogens with one attached hydrogen (secondary N) is 1. The second-order valence-electron chi connectivity index (χ2n) is 9.59. The molecule has 1 fully saturated rings. The van der Waals surface area contributed by atoms with E-state index in [-0.39, 0.29) is 11.4 Å². The van der Waals surface area contributed by atoms with E-state index in [2.05, 4.69) is 37.6 Å². The molecule has 1 unspecified atom stereocenters. The van der Waals surface area contributed by atoms with Crippen LogP contribution in [0.4, 0.5) is 0 Å². The minimum absolute atomic E-state index is 0.163. The Morgan fingerprint density at radius 2 is 2.06 bits per heavy atom. The number of amides is 1. The summed E-state index contributed by atoms with van der Waals surface area (Å²) in [6, 6.07) is 3.54. The fraction of sp³-hybridized carbons (Fsp3) is 0.433. The topological polar surface area (TPSA) is 92.8 Å². The zero-order valence-electron chi connectivity index (χ0n) is 22.6. The van der Waals surface area contributed by atoms with E-state index >= 15 is 0 Å². The number of aromatic nitrogens is 2. The third-order valence-electron chi connectivity index (χ3n) is 6.80. The number of nitrogens with zero attached hydrogens (tertiary/aromatic N) is 1. The van der Waals surface area contributed by atoms with Crippen LogP contribution in [0.1, 0.15) is 83.1 Å². The molecular formula is C30H39N3O3. The maximum absolute atomic E-state index is 12.2. The van der Waals surface area contributed by atoms with Gasteiger partial charge in [0.15, 0.2) is 0 Å². The van der Waals surface area contributed by atoms with Gasteiger partial charge in [-0.15, -0.1) is 0 Å². The van der Waals surface area contributed by atoms with Gasteiger partial charge < -0.3 is 20.6 Å². The highest BCUT2D eigenvalue weighted by molar-refractivity contribution is 6.02. The van der Waals surface area contributed by atoms with Crippen LogP contribution in [0.2, 0.25) is 0 Å². The Morgan fingerprint density at radius 1 is 1.33 bits per heavy atom. The standard InChI is InChI=1S/C19H23N3O2.C11H16O/c1-5-7-12-14(18(20)24)19-21-15-13(23)9-8-11(4)17(15)22(19)16(12)10(3)6-2;1-4-10(2)6-8-11(3)7-5-9-12-11/h7-9,21,23H,5-6H2,1-4H3,(H2,20,24);4H,5,7,9H2,1-3H3/b12-7+,16-10?;10-4+. The number of H-pyrrole nitrogens is 1. The van der Waals surface area contributed by atoms with Gasteiger partial charge in [-0.3, -0.25) is 9.20 Å². The number of carbonyl (C=O) groups is 1. The summed E-state index contributed by atoms with van der Waals surface area (Å²) in [6.45, 7) is 15.1. The zero-order valence-corrected chi connectivity index (χ0v) is 22.6. The van der Waals surface area contributed by atoms with Crippen molar-refractivity contribution in [3.05, 3.63) is 45.5 Å². The number of aromatic amines is 1. The lowest BCUT2D eigenvalue weighted by atomic mass is 10.0. The molecule has 1 aliphatic heterocycles. The maximum atomic E-state index is 12.2. The summed E-state index contributed by atoms with van der Waals surface area (Å²) < 4.78 is 7.57. The molecule has 0 spiro atoms. The average Bonchev–Trinajstić information content (AvgIpc) is 3.53.